The van der Waals surface area contributed by atoms with Crippen LogP contribution in [0.5, 0.6) is 0 Å². The average Bonchev–Trinajstić information content (AvgIpc) is 2.25. The quantitative estimate of drug-likeness (QED) is 0.863. The molecule has 0 aliphatic rings. The first-order valence-corrected chi connectivity index (χ1v) is 6.09. The third-order valence-electron chi connectivity index (χ3n) is 3.19. The molecule has 92 valence electrons. The number of nitriles is 1. The highest BCUT2D eigenvalue weighted by Gasteiger charge is 2.14. The van der Waals surface area contributed by atoms with Gasteiger partial charge in [0.1, 0.15) is 5.54 Å². The fourth-order valence-electron chi connectivity index (χ4n) is 1.84. The first kappa shape index (κ1) is 13.7. The minimum absolute atomic E-state index is 0.437. The smallest absolute Gasteiger partial charge is 0.101 e. The van der Waals surface area contributed by atoms with Gasteiger partial charge in [0, 0.05) is 6.54 Å². The summed E-state index contributed by atoms with van der Waals surface area (Å²) in [4.78, 5) is 0. The molecular weight excluding hydrogens is 208 g/mol. The molecule has 0 aliphatic heterocycles. The SMILES string of the molecule is Cc1cc(C)c(CCNC(C)(C)C#N)cc1C. The Bertz CT molecular complexity index is 439. The minimum atomic E-state index is -0.437. The van der Waals surface area contributed by atoms with E-state index in [0.29, 0.717) is 0 Å². The van der Waals surface area contributed by atoms with Gasteiger partial charge in [-0.25, -0.2) is 0 Å². The lowest BCUT2D eigenvalue weighted by Gasteiger charge is -2.18. The molecule has 1 aromatic carbocycles. The molecule has 0 saturated heterocycles. The monoisotopic (exact) mass is 230 g/mol. The number of nitrogens with one attached hydrogen (secondary N) is 1. The molecule has 1 aromatic rings. The third kappa shape index (κ3) is 3.87. The van der Waals surface area contributed by atoms with E-state index in [1.165, 1.54) is 22.3 Å². The molecule has 0 aromatic heterocycles. The molecule has 1 N–H and O–H groups in total. The largest absolute Gasteiger partial charge is 0.300 e. The number of hydrogen-bond acceptors (Lipinski definition) is 2. The van der Waals surface area contributed by atoms with Gasteiger partial charge in [-0.3, -0.25) is 5.32 Å². The average molecular weight is 230 g/mol. The second-order valence-electron chi connectivity index (χ2n) is 5.28. The lowest BCUT2D eigenvalue weighted by atomic mass is 9.98. The summed E-state index contributed by atoms with van der Waals surface area (Å²) < 4.78 is 0. The topological polar surface area (TPSA) is 35.8 Å². The molecule has 2 heteroatoms. The molecule has 0 saturated carbocycles. The van der Waals surface area contributed by atoms with Crippen LogP contribution < -0.4 is 5.32 Å². The summed E-state index contributed by atoms with van der Waals surface area (Å²) in [6, 6.07) is 6.74. The number of hydrogen-bond donors (Lipinski definition) is 1. The van der Waals surface area contributed by atoms with Crippen LogP contribution >= 0.6 is 0 Å². The molecule has 0 spiro atoms. The van der Waals surface area contributed by atoms with E-state index in [1.807, 2.05) is 13.8 Å². The van der Waals surface area contributed by atoms with Crippen LogP contribution in [0.25, 0.3) is 0 Å². The lowest BCUT2D eigenvalue weighted by Crippen LogP contribution is -2.38. The summed E-state index contributed by atoms with van der Waals surface area (Å²) in [6.45, 7) is 11.1. The molecule has 0 bridgehead atoms. The Kier molecular flexibility index (Phi) is 4.31. The first-order chi connectivity index (χ1) is 7.85. The van der Waals surface area contributed by atoms with Crippen molar-refractivity contribution < 1.29 is 0 Å². The van der Waals surface area contributed by atoms with Gasteiger partial charge in [-0.15, -0.1) is 0 Å². The lowest BCUT2D eigenvalue weighted by molar-refractivity contribution is 0.489. The van der Waals surface area contributed by atoms with Gasteiger partial charge in [-0.05, 0) is 63.3 Å². The van der Waals surface area contributed by atoms with Crippen molar-refractivity contribution in [1.29, 1.82) is 5.26 Å². The van der Waals surface area contributed by atoms with Crippen molar-refractivity contribution in [2.45, 2.75) is 46.6 Å². The highest BCUT2D eigenvalue weighted by atomic mass is 14.9. The predicted molar refractivity (Wildman–Crippen MR) is 72.1 cm³/mol. The number of benzene rings is 1. The van der Waals surface area contributed by atoms with E-state index in [1.54, 1.807) is 0 Å². The van der Waals surface area contributed by atoms with Crippen molar-refractivity contribution in [3.63, 3.8) is 0 Å². The van der Waals surface area contributed by atoms with E-state index < -0.39 is 5.54 Å². The standard InChI is InChI=1S/C15H22N2/c1-11-8-13(3)14(9-12(11)2)6-7-17-15(4,5)10-16/h8-9,17H,6-7H2,1-5H3. The maximum absolute atomic E-state index is 8.91. The van der Waals surface area contributed by atoms with Gasteiger partial charge in [-0.2, -0.15) is 5.26 Å². The molecule has 17 heavy (non-hydrogen) atoms. The zero-order chi connectivity index (χ0) is 13.1. The van der Waals surface area contributed by atoms with Gasteiger partial charge in [0.05, 0.1) is 6.07 Å². The second-order valence-corrected chi connectivity index (χ2v) is 5.28. The number of aryl methyl sites for hydroxylation is 3. The van der Waals surface area contributed by atoms with E-state index in [2.05, 4.69) is 44.3 Å². The van der Waals surface area contributed by atoms with Gasteiger partial charge in [0.2, 0.25) is 0 Å². The summed E-state index contributed by atoms with van der Waals surface area (Å²) in [5, 5.41) is 12.2. The minimum Gasteiger partial charge on any atom is -0.300 e. The zero-order valence-electron chi connectivity index (χ0n) is 11.5. The van der Waals surface area contributed by atoms with Crippen molar-refractivity contribution in [3.05, 3.63) is 34.4 Å². The van der Waals surface area contributed by atoms with Crippen molar-refractivity contribution in [1.82, 2.24) is 5.32 Å². The Balaban J connectivity index is 2.65. The molecule has 0 radical (unpaired) electrons. The Morgan fingerprint density at radius 2 is 1.71 bits per heavy atom. The fourth-order valence-corrected chi connectivity index (χ4v) is 1.84. The van der Waals surface area contributed by atoms with Crippen LogP contribution in [0.15, 0.2) is 12.1 Å². The van der Waals surface area contributed by atoms with E-state index in [9.17, 15) is 0 Å². The van der Waals surface area contributed by atoms with Gasteiger partial charge < -0.3 is 0 Å². The molecule has 0 aliphatic carbocycles. The van der Waals surface area contributed by atoms with Gasteiger partial charge in [-0.1, -0.05) is 12.1 Å². The first-order valence-electron chi connectivity index (χ1n) is 6.09. The molecule has 2 nitrogen and oxygen atoms in total. The van der Waals surface area contributed by atoms with Crippen LogP contribution in [0.1, 0.15) is 36.1 Å². The maximum Gasteiger partial charge on any atom is 0.101 e. The van der Waals surface area contributed by atoms with Crippen molar-refractivity contribution in [2.24, 2.45) is 0 Å². The van der Waals surface area contributed by atoms with Gasteiger partial charge in [0.15, 0.2) is 0 Å². The van der Waals surface area contributed by atoms with Crippen LogP contribution in [0.2, 0.25) is 0 Å². The van der Waals surface area contributed by atoms with Gasteiger partial charge >= 0.3 is 0 Å². The molecule has 0 amide bonds. The maximum atomic E-state index is 8.91. The Morgan fingerprint density at radius 1 is 1.12 bits per heavy atom. The van der Waals surface area contributed by atoms with Crippen LogP contribution in [0.3, 0.4) is 0 Å². The number of rotatable bonds is 4. The molecular formula is C15H22N2. The van der Waals surface area contributed by atoms with Crippen LogP contribution in [0.4, 0.5) is 0 Å². The Hall–Kier alpha value is -1.33. The summed E-state index contributed by atoms with van der Waals surface area (Å²) in [5.74, 6) is 0. The van der Waals surface area contributed by atoms with Crippen molar-refractivity contribution in [2.75, 3.05) is 6.54 Å². The van der Waals surface area contributed by atoms with Gasteiger partial charge in [0.25, 0.3) is 0 Å². The molecule has 1 rings (SSSR count). The second kappa shape index (κ2) is 5.33. The summed E-state index contributed by atoms with van der Waals surface area (Å²) in [5.41, 5.74) is 4.95. The molecule has 0 fully saturated rings. The van der Waals surface area contributed by atoms with Crippen LogP contribution in [0, 0.1) is 32.1 Å². The predicted octanol–water partition coefficient (Wildman–Crippen LogP) is 3.05. The molecule has 0 atom stereocenters. The summed E-state index contributed by atoms with van der Waals surface area (Å²) in [7, 11) is 0. The highest BCUT2D eigenvalue weighted by molar-refractivity contribution is 5.36. The molecule has 0 heterocycles. The Morgan fingerprint density at radius 3 is 2.29 bits per heavy atom. The third-order valence-corrected chi connectivity index (χ3v) is 3.19. The highest BCUT2D eigenvalue weighted by Crippen LogP contribution is 2.15. The normalized spacial score (nSPS) is 11.3. The summed E-state index contributed by atoms with van der Waals surface area (Å²) >= 11 is 0. The van der Waals surface area contributed by atoms with E-state index in [0.717, 1.165) is 13.0 Å². The van der Waals surface area contributed by atoms with Crippen molar-refractivity contribution in [3.8, 4) is 6.07 Å². The van der Waals surface area contributed by atoms with Crippen LogP contribution in [-0.2, 0) is 6.42 Å². The van der Waals surface area contributed by atoms with Crippen molar-refractivity contribution >= 4 is 0 Å². The van der Waals surface area contributed by atoms with E-state index in [-0.39, 0.29) is 0 Å². The molecule has 0 unspecified atom stereocenters. The van der Waals surface area contributed by atoms with Crippen LogP contribution in [-0.4, -0.2) is 12.1 Å². The van der Waals surface area contributed by atoms with E-state index in [4.69, 9.17) is 5.26 Å². The Labute approximate surface area is 105 Å². The van der Waals surface area contributed by atoms with E-state index >= 15 is 0 Å². The fraction of sp³-hybridized carbons (Fsp3) is 0.533. The summed E-state index contributed by atoms with van der Waals surface area (Å²) in [6.07, 6.45) is 0.970. The number of nitrogens with zero attached hydrogens (tertiary/aromatic N) is 1. The zero-order valence-corrected chi connectivity index (χ0v) is 11.5.